The summed E-state index contributed by atoms with van der Waals surface area (Å²) >= 11 is 1.24. The molecule has 1 aromatic carbocycles. The molecule has 0 aliphatic carbocycles. The van der Waals surface area contributed by atoms with Crippen LogP contribution >= 0.6 is 11.9 Å². The number of nitrogens with one attached hydrogen (secondary N) is 2. The fourth-order valence-electron chi connectivity index (χ4n) is 1.42. The molecule has 1 rings (SSSR count). The molecular weight excluding hydrogens is 310 g/mol. The molecule has 0 saturated heterocycles. The SMILES string of the molecule is C=CSNCCCNC(=O)c1c(F)c(F)c(N)c(F)c1F. The summed E-state index contributed by atoms with van der Waals surface area (Å²) in [4.78, 5) is 11.6. The average Bonchev–Trinajstić information content (AvgIpc) is 2.47. The van der Waals surface area contributed by atoms with E-state index in [4.69, 9.17) is 5.73 Å². The Bertz CT molecular complexity index is 525. The molecule has 0 bridgehead atoms. The van der Waals surface area contributed by atoms with Crippen LogP contribution < -0.4 is 15.8 Å². The quantitative estimate of drug-likeness (QED) is 0.237. The number of nitrogens with two attached hydrogens (primary N) is 1. The maximum atomic E-state index is 13.5. The van der Waals surface area contributed by atoms with Crippen molar-refractivity contribution < 1.29 is 22.4 Å². The fourth-order valence-corrected chi connectivity index (χ4v) is 1.80. The van der Waals surface area contributed by atoms with Gasteiger partial charge in [-0.1, -0.05) is 18.5 Å². The first kappa shape index (κ1) is 17.3. The van der Waals surface area contributed by atoms with Gasteiger partial charge in [0.25, 0.3) is 5.91 Å². The van der Waals surface area contributed by atoms with E-state index in [1.807, 2.05) is 0 Å². The third kappa shape index (κ3) is 4.11. The van der Waals surface area contributed by atoms with Crippen molar-refractivity contribution in [3.05, 3.63) is 40.8 Å². The Labute approximate surface area is 122 Å². The Hall–Kier alpha value is -1.74. The number of hydrogen-bond donors (Lipinski definition) is 3. The number of nitrogen functional groups attached to an aromatic ring is 1. The van der Waals surface area contributed by atoms with Crippen molar-refractivity contribution in [2.75, 3.05) is 18.8 Å². The lowest BCUT2D eigenvalue weighted by molar-refractivity contribution is 0.0942. The molecule has 0 aliphatic heterocycles. The minimum atomic E-state index is -1.82. The molecule has 0 fully saturated rings. The number of benzene rings is 1. The summed E-state index contributed by atoms with van der Waals surface area (Å²) in [6.45, 7) is 4.01. The van der Waals surface area contributed by atoms with E-state index in [2.05, 4.69) is 16.6 Å². The van der Waals surface area contributed by atoms with E-state index in [1.54, 1.807) is 5.41 Å². The smallest absolute Gasteiger partial charge is 0.257 e. The Morgan fingerprint density at radius 2 is 1.71 bits per heavy atom. The van der Waals surface area contributed by atoms with Gasteiger partial charge in [0.05, 0.1) is 0 Å². The van der Waals surface area contributed by atoms with Crippen LogP contribution in [0.25, 0.3) is 0 Å². The summed E-state index contributed by atoms with van der Waals surface area (Å²) in [6.07, 6.45) is 0.440. The van der Waals surface area contributed by atoms with Crippen LogP contribution in [0.15, 0.2) is 12.0 Å². The number of hydrogen-bond acceptors (Lipinski definition) is 4. The van der Waals surface area contributed by atoms with Crippen molar-refractivity contribution in [3.63, 3.8) is 0 Å². The molecule has 4 N–H and O–H groups in total. The van der Waals surface area contributed by atoms with Gasteiger partial charge in [0.15, 0.2) is 23.3 Å². The van der Waals surface area contributed by atoms with E-state index >= 15 is 0 Å². The van der Waals surface area contributed by atoms with E-state index in [9.17, 15) is 22.4 Å². The zero-order valence-electron chi connectivity index (χ0n) is 10.8. The third-order valence-corrected chi connectivity index (χ3v) is 2.97. The highest BCUT2D eigenvalue weighted by atomic mass is 32.2. The Morgan fingerprint density at radius 3 is 2.24 bits per heavy atom. The second-order valence-electron chi connectivity index (χ2n) is 3.83. The van der Waals surface area contributed by atoms with Gasteiger partial charge < -0.3 is 11.1 Å². The van der Waals surface area contributed by atoms with Crippen molar-refractivity contribution in [3.8, 4) is 0 Å². The maximum Gasteiger partial charge on any atom is 0.257 e. The summed E-state index contributed by atoms with van der Waals surface area (Å²) in [5.41, 5.74) is 2.22. The second-order valence-corrected chi connectivity index (χ2v) is 4.69. The van der Waals surface area contributed by atoms with Crippen molar-refractivity contribution in [2.24, 2.45) is 0 Å². The zero-order chi connectivity index (χ0) is 16.0. The molecule has 4 nitrogen and oxygen atoms in total. The highest BCUT2D eigenvalue weighted by Crippen LogP contribution is 2.25. The van der Waals surface area contributed by atoms with Crippen LogP contribution in [0.2, 0.25) is 0 Å². The van der Waals surface area contributed by atoms with Crippen LogP contribution in [-0.2, 0) is 0 Å². The summed E-state index contributed by atoms with van der Waals surface area (Å²) < 4.78 is 56.2. The van der Waals surface area contributed by atoms with E-state index in [1.165, 1.54) is 11.9 Å². The van der Waals surface area contributed by atoms with Crippen LogP contribution in [0.4, 0.5) is 23.2 Å². The predicted octanol–water partition coefficient (Wildman–Crippen LogP) is 2.33. The van der Waals surface area contributed by atoms with Crippen molar-refractivity contribution >= 4 is 23.5 Å². The molecule has 0 heterocycles. The van der Waals surface area contributed by atoms with E-state index in [0.29, 0.717) is 13.0 Å². The molecule has 0 aliphatic rings. The first-order valence-electron chi connectivity index (χ1n) is 5.80. The van der Waals surface area contributed by atoms with Gasteiger partial charge in [-0.05, 0) is 11.8 Å². The molecule has 1 aromatic rings. The summed E-state index contributed by atoms with van der Waals surface area (Å²) in [5.74, 6) is -8.46. The van der Waals surface area contributed by atoms with E-state index in [-0.39, 0.29) is 6.54 Å². The monoisotopic (exact) mass is 323 g/mol. The Morgan fingerprint density at radius 1 is 1.14 bits per heavy atom. The molecule has 0 saturated carbocycles. The van der Waals surface area contributed by atoms with Gasteiger partial charge in [0.2, 0.25) is 0 Å². The third-order valence-electron chi connectivity index (χ3n) is 2.43. The van der Waals surface area contributed by atoms with Crippen LogP contribution in [0.5, 0.6) is 0 Å². The van der Waals surface area contributed by atoms with E-state index in [0.717, 1.165) is 0 Å². The topological polar surface area (TPSA) is 67.1 Å². The number of anilines is 1. The molecule has 0 atom stereocenters. The molecule has 116 valence electrons. The normalized spacial score (nSPS) is 10.5. The number of halogens is 4. The highest BCUT2D eigenvalue weighted by Gasteiger charge is 2.27. The summed E-state index contributed by atoms with van der Waals surface area (Å²) in [5, 5.41) is 3.72. The standard InChI is InChI=1S/C12H13F4N3OS/c1-2-21-19-5-3-4-18-12(20)6-7(13)9(15)11(17)10(16)8(6)14/h2,19H,1,3-5,17H2,(H,18,20). The zero-order valence-corrected chi connectivity index (χ0v) is 11.6. The lowest BCUT2D eigenvalue weighted by Gasteiger charge is -2.10. The van der Waals surface area contributed by atoms with Gasteiger partial charge in [-0.25, -0.2) is 17.6 Å². The Kier molecular flexibility index (Phi) is 6.50. The highest BCUT2D eigenvalue weighted by molar-refractivity contribution is 8.00. The van der Waals surface area contributed by atoms with Gasteiger partial charge in [-0.2, -0.15) is 0 Å². The number of rotatable bonds is 7. The van der Waals surface area contributed by atoms with Crippen molar-refractivity contribution in [2.45, 2.75) is 6.42 Å². The number of amides is 1. The first-order chi connectivity index (χ1) is 9.91. The fraction of sp³-hybridized carbons (Fsp3) is 0.250. The lowest BCUT2D eigenvalue weighted by atomic mass is 10.1. The van der Waals surface area contributed by atoms with Crippen molar-refractivity contribution in [1.82, 2.24) is 10.0 Å². The number of carbonyl (C=O) groups is 1. The first-order valence-corrected chi connectivity index (χ1v) is 6.68. The van der Waals surface area contributed by atoms with Gasteiger partial charge in [0.1, 0.15) is 11.3 Å². The summed E-state index contributed by atoms with van der Waals surface area (Å²) in [7, 11) is 0. The molecule has 21 heavy (non-hydrogen) atoms. The lowest BCUT2D eigenvalue weighted by Crippen LogP contribution is -2.29. The molecule has 1 amide bonds. The van der Waals surface area contributed by atoms with Crippen LogP contribution in [0.1, 0.15) is 16.8 Å². The van der Waals surface area contributed by atoms with Gasteiger partial charge >= 0.3 is 0 Å². The molecule has 0 radical (unpaired) electrons. The van der Waals surface area contributed by atoms with Crippen LogP contribution in [-0.4, -0.2) is 19.0 Å². The van der Waals surface area contributed by atoms with Crippen LogP contribution in [0, 0.1) is 23.3 Å². The molecule has 0 aromatic heterocycles. The van der Waals surface area contributed by atoms with Gasteiger partial charge in [0, 0.05) is 13.1 Å². The second kappa shape index (κ2) is 7.89. The van der Waals surface area contributed by atoms with Gasteiger partial charge in [-0.3, -0.25) is 9.52 Å². The largest absolute Gasteiger partial charge is 0.394 e. The average molecular weight is 323 g/mol. The minimum Gasteiger partial charge on any atom is -0.394 e. The molecule has 0 spiro atoms. The molecule has 9 heteroatoms. The predicted molar refractivity (Wildman–Crippen MR) is 73.4 cm³/mol. The van der Waals surface area contributed by atoms with Crippen molar-refractivity contribution in [1.29, 1.82) is 0 Å². The summed E-state index contributed by atoms with van der Waals surface area (Å²) in [6, 6.07) is 0. The minimum absolute atomic E-state index is 0.0655. The number of carbonyl (C=O) groups excluding carboxylic acids is 1. The maximum absolute atomic E-state index is 13.5. The molecule has 0 unspecified atom stereocenters. The molecular formula is C12H13F4N3OS. The van der Waals surface area contributed by atoms with Gasteiger partial charge in [-0.15, -0.1) is 0 Å². The van der Waals surface area contributed by atoms with E-state index < -0.39 is 40.4 Å². The van der Waals surface area contributed by atoms with Crippen LogP contribution in [0.3, 0.4) is 0 Å². The Balaban J connectivity index is 2.73.